The molecular weight excluding hydrogens is 250 g/mol. The van der Waals surface area contributed by atoms with Gasteiger partial charge in [-0.1, -0.05) is 43.9 Å². The first-order valence-corrected chi connectivity index (χ1v) is 7.26. The zero-order chi connectivity index (χ0) is 14.4. The van der Waals surface area contributed by atoms with E-state index in [1.165, 1.54) is 25.7 Å². The van der Waals surface area contributed by atoms with Crippen molar-refractivity contribution in [2.75, 3.05) is 0 Å². The van der Waals surface area contributed by atoms with Crippen LogP contribution in [0.25, 0.3) is 0 Å². The van der Waals surface area contributed by atoms with Crippen molar-refractivity contribution >= 4 is 5.91 Å². The summed E-state index contributed by atoms with van der Waals surface area (Å²) in [5.74, 6) is -0.419. The molecule has 20 heavy (non-hydrogen) atoms. The molecule has 0 aromatic heterocycles. The number of carbonyl (C=O) groups is 1. The van der Waals surface area contributed by atoms with Gasteiger partial charge < -0.3 is 5.73 Å². The molecule has 0 radical (unpaired) electrons. The van der Waals surface area contributed by atoms with Crippen LogP contribution in [0.1, 0.15) is 55.7 Å². The van der Waals surface area contributed by atoms with Crippen molar-refractivity contribution in [2.24, 2.45) is 5.73 Å². The van der Waals surface area contributed by atoms with E-state index in [4.69, 9.17) is 5.73 Å². The number of nitrogens with two attached hydrogens (primary N) is 1. The second kappa shape index (κ2) is 7.06. The molecule has 1 aromatic rings. The highest BCUT2D eigenvalue weighted by Crippen LogP contribution is 2.23. The van der Waals surface area contributed by atoms with Crippen molar-refractivity contribution in [1.29, 1.82) is 5.26 Å². The van der Waals surface area contributed by atoms with Crippen molar-refractivity contribution < 1.29 is 4.79 Å². The van der Waals surface area contributed by atoms with Crippen molar-refractivity contribution in [3.8, 4) is 6.07 Å². The Bertz CT molecular complexity index is 499. The first-order valence-electron chi connectivity index (χ1n) is 7.26. The summed E-state index contributed by atoms with van der Waals surface area (Å²) in [6.07, 6.45) is 7.02. The fourth-order valence-electron chi connectivity index (χ4n) is 2.86. The molecule has 0 aliphatic heterocycles. The fourth-order valence-corrected chi connectivity index (χ4v) is 2.86. The van der Waals surface area contributed by atoms with Crippen LogP contribution in [0.5, 0.6) is 0 Å². The molecule has 4 nitrogen and oxygen atoms in total. The predicted molar refractivity (Wildman–Crippen MR) is 77.7 cm³/mol. The quantitative estimate of drug-likeness (QED) is 0.825. The Morgan fingerprint density at radius 2 is 1.90 bits per heavy atom. The maximum absolute atomic E-state index is 11.8. The molecule has 1 fully saturated rings. The van der Waals surface area contributed by atoms with Crippen LogP contribution in [0.2, 0.25) is 0 Å². The van der Waals surface area contributed by atoms with Crippen molar-refractivity contribution in [3.63, 3.8) is 0 Å². The molecule has 1 aromatic carbocycles. The Morgan fingerprint density at radius 1 is 1.25 bits per heavy atom. The van der Waals surface area contributed by atoms with Crippen LogP contribution in [-0.2, 0) is 4.79 Å². The van der Waals surface area contributed by atoms with Gasteiger partial charge in [0.15, 0.2) is 0 Å². The van der Waals surface area contributed by atoms with Gasteiger partial charge >= 0.3 is 0 Å². The van der Waals surface area contributed by atoms with E-state index in [0.717, 1.165) is 12.8 Å². The molecular formula is C16H21N3O. The third kappa shape index (κ3) is 3.58. The van der Waals surface area contributed by atoms with Gasteiger partial charge in [0.25, 0.3) is 0 Å². The van der Waals surface area contributed by atoms with Crippen molar-refractivity contribution in [3.05, 3.63) is 35.4 Å². The highest BCUT2D eigenvalue weighted by molar-refractivity contribution is 5.82. The van der Waals surface area contributed by atoms with Gasteiger partial charge in [0, 0.05) is 6.04 Å². The van der Waals surface area contributed by atoms with Crippen LogP contribution in [0, 0.1) is 11.3 Å². The summed E-state index contributed by atoms with van der Waals surface area (Å²) in [7, 11) is 0. The Balaban J connectivity index is 2.18. The summed E-state index contributed by atoms with van der Waals surface area (Å²) < 4.78 is 0. The highest BCUT2D eigenvalue weighted by atomic mass is 16.1. The fraction of sp³-hybridized carbons (Fsp3) is 0.500. The molecule has 3 N–H and O–H groups in total. The van der Waals surface area contributed by atoms with Crippen LogP contribution in [0.15, 0.2) is 24.3 Å². The van der Waals surface area contributed by atoms with Crippen LogP contribution in [0.4, 0.5) is 0 Å². The van der Waals surface area contributed by atoms with Gasteiger partial charge in [-0.25, -0.2) is 0 Å². The van der Waals surface area contributed by atoms with Crippen molar-refractivity contribution in [2.45, 2.75) is 50.6 Å². The minimum Gasteiger partial charge on any atom is -0.368 e. The molecule has 0 saturated heterocycles. The largest absolute Gasteiger partial charge is 0.368 e. The van der Waals surface area contributed by atoms with E-state index in [1.807, 2.05) is 6.07 Å². The van der Waals surface area contributed by atoms with Gasteiger partial charge in [-0.05, 0) is 24.5 Å². The molecule has 1 atom stereocenters. The number of benzene rings is 1. The maximum atomic E-state index is 11.8. The van der Waals surface area contributed by atoms with E-state index in [9.17, 15) is 10.1 Å². The normalized spacial score (nSPS) is 17.9. The number of rotatable bonds is 4. The lowest BCUT2D eigenvalue weighted by Crippen LogP contribution is -2.40. The molecule has 1 aliphatic carbocycles. The van der Waals surface area contributed by atoms with Gasteiger partial charge in [-0.3, -0.25) is 10.1 Å². The highest BCUT2D eigenvalue weighted by Gasteiger charge is 2.24. The molecule has 0 bridgehead atoms. The van der Waals surface area contributed by atoms with Crippen LogP contribution in [0.3, 0.4) is 0 Å². The summed E-state index contributed by atoms with van der Waals surface area (Å²) in [5.41, 5.74) is 6.74. The lowest BCUT2D eigenvalue weighted by molar-refractivity contribution is -0.120. The SMILES string of the molecule is N#Cc1ccccc1C(NC1CCCCCC1)C(N)=O. The van der Waals surface area contributed by atoms with Gasteiger partial charge in [-0.15, -0.1) is 0 Å². The summed E-state index contributed by atoms with van der Waals surface area (Å²) in [5, 5.41) is 12.5. The van der Waals surface area contributed by atoms with Crippen LogP contribution < -0.4 is 11.1 Å². The van der Waals surface area contributed by atoms with Gasteiger partial charge in [-0.2, -0.15) is 5.26 Å². The first-order chi connectivity index (χ1) is 9.72. The Hall–Kier alpha value is -1.86. The third-order valence-corrected chi connectivity index (χ3v) is 3.93. The molecule has 1 aliphatic rings. The molecule has 0 spiro atoms. The number of amides is 1. The second-order valence-corrected chi connectivity index (χ2v) is 5.39. The lowest BCUT2D eigenvalue weighted by Gasteiger charge is -2.23. The van der Waals surface area contributed by atoms with E-state index in [2.05, 4.69) is 11.4 Å². The predicted octanol–water partition coefficient (Wildman–Crippen LogP) is 2.40. The van der Waals surface area contributed by atoms with E-state index < -0.39 is 11.9 Å². The number of primary amides is 1. The standard InChI is InChI=1S/C16H21N3O/c17-11-12-7-5-6-10-14(12)15(16(18)20)19-13-8-3-1-2-4-9-13/h5-7,10,13,15,19H,1-4,8-9H2,(H2,18,20). The minimum absolute atomic E-state index is 0.307. The molecule has 0 heterocycles. The number of hydrogen-bond acceptors (Lipinski definition) is 3. The number of nitrogens with zero attached hydrogens (tertiary/aromatic N) is 1. The van der Waals surface area contributed by atoms with Gasteiger partial charge in [0.2, 0.25) is 5.91 Å². The molecule has 1 amide bonds. The summed E-state index contributed by atoms with van der Waals surface area (Å²) in [6, 6.07) is 9.02. The minimum atomic E-state index is -0.575. The Kier molecular flexibility index (Phi) is 5.14. The number of hydrogen-bond donors (Lipinski definition) is 2. The summed E-state index contributed by atoms with van der Waals surface area (Å²) >= 11 is 0. The molecule has 1 unspecified atom stereocenters. The zero-order valence-electron chi connectivity index (χ0n) is 11.6. The van der Waals surface area contributed by atoms with E-state index in [-0.39, 0.29) is 0 Å². The van der Waals surface area contributed by atoms with Crippen molar-refractivity contribution in [1.82, 2.24) is 5.32 Å². The number of nitriles is 1. The lowest BCUT2D eigenvalue weighted by atomic mass is 9.98. The maximum Gasteiger partial charge on any atom is 0.239 e. The monoisotopic (exact) mass is 271 g/mol. The number of carbonyl (C=O) groups excluding carboxylic acids is 1. The first kappa shape index (κ1) is 14.5. The van der Waals surface area contributed by atoms with E-state index in [1.54, 1.807) is 18.2 Å². The zero-order valence-corrected chi connectivity index (χ0v) is 11.6. The van der Waals surface area contributed by atoms with E-state index >= 15 is 0 Å². The topological polar surface area (TPSA) is 78.9 Å². The van der Waals surface area contributed by atoms with Gasteiger partial charge in [0.05, 0.1) is 11.6 Å². The van der Waals surface area contributed by atoms with E-state index in [0.29, 0.717) is 17.2 Å². The molecule has 4 heteroatoms. The summed E-state index contributed by atoms with van der Waals surface area (Å²) in [6.45, 7) is 0. The van der Waals surface area contributed by atoms with Crippen LogP contribution >= 0.6 is 0 Å². The summed E-state index contributed by atoms with van der Waals surface area (Å²) in [4.78, 5) is 11.8. The average molecular weight is 271 g/mol. The van der Waals surface area contributed by atoms with Gasteiger partial charge in [0.1, 0.15) is 6.04 Å². The molecule has 106 valence electrons. The molecule has 2 rings (SSSR count). The molecule has 1 saturated carbocycles. The Morgan fingerprint density at radius 3 is 2.50 bits per heavy atom. The average Bonchev–Trinajstić information content (AvgIpc) is 2.73. The second-order valence-electron chi connectivity index (χ2n) is 5.39. The Labute approximate surface area is 120 Å². The van der Waals surface area contributed by atoms with Crippen LogP contribution in [-0.4, -0.2) is 11.9 Å². The third-order valence-electron chi connectivity index (χ3n) is 3.93. The smallest absolute Gasteiger partial charge is 0.239 e. The number of nitrogens with one attached hydrogen (secondary N) is 1.